The third-order valence-corrected chi connectivity index (χ3v) is 3.10. The van der Waals surface area contributed by atoms with Crippen LogP contribution in [0.2, 0.25) is 5.02 Å². The van der Waals surface area contributed by atoms with E-state index in [2.05, 4.69) is 0 Å². The minimum atomic E-state index is -0.286. The van der Waals surface area contributed by atoms with Crippen molar-refractivity contribution in [1.29, 1.82) is 0 Å². The molecule has 0 aliphatic heterocycles. The van der Waals surface area contributed by atoms with E-state index < -0.39 is 0 Å². The number of ether oxygens (including phenoxy) is 1. The standard InChI is InChI=1S/C14H11Cl2FO/c15-8-10-5-6-14(12(16)7-10)18-9-11-3-1-2-4-13(11)17/h1-7H,8-9H2. The Morgan fingerprint density at radius 1 is 1.11 bits per heavy atom. The lowest BCUT2D eigenvalue weighted by atomic mass is 10.2. The van der Waals surface area contributed by atoms with Crippen LogP contribution >= 0.6 is 23.2 Å². The number of halogens is 3. The first kappa shape index (κ1) is 13.2. The molecule has 0 fully saturated rings. The normalized spacial score (nSPS) is 10.4. The minimum absolute atomic E-state index is 0.145. The van der Waals surface area contributed by atoms with E-state index in [0.717, 1.165) is 5.56 Å². The molecule has 0 aromatic heterocycles. The Bertz CT molecular complexity index is 543. The molecule has 0 aliphatic rings. The first-order chi connectivity index (χ1) is 8.70. The highest BCUT2D eigenvalue weighted by molar-refractivity contribution is 6.32. The highest BCUT2D eigenvalue weighted by Crippen LogP contribution is 2.27. The van der Waals surface area contributed by atoms with Crippen LogP contribution in [0.4, 0.5) is 4.39 Å². The van der Waals surface area contributed by atoms with Gasteiger partial charge in [-0.2, -0.15) is 0 Å². The molecular formula is C14H11Cl2FO. The van der Waals surface area contributed by atoms with Gasteiger partial charge in [0.2, 0.25) is 0 Å². The zero-order valence-corrected chi connectivity index (χ0v) is 11.0. The summed E-state index contributed by atoms with van der Waals surface area (Å²) in [6.45, 7) is 0.145. The van der Waals surface area contributed by atoms with E-state index in [0.29, 0.717) is 22.2 Å². The van der Waals surface area contributed by atoms with Crippen molar-refractivity contribution < 1.29 is 9.13 Å². The summed E-state index contributed by atoms with van der Waals surface area (Å²) in [5.74, 6) is 0.632. The Balaban J connectivity index is 2.09. The third-order valence-electron chi connectivity index (χ3n) is 2.49. The van der Waals surface area contributed by atoms with E-state index >= 15 is 0 Å². The van der Waals surface area contributed by atoms with Gasteiger partial charge in [0.15, 0.2) is 0 Å². The number of rotatable bonds is 4. The summed E-state index contributed by atoms with van der Waals surface area (Å²) in [7, 11) is 0. The number of hydrogen-bond acceptors (Lipinski definition) is 1. The summed E-state index contributed by atoms with van der Waals surface area (Å²) in [6, 6.07) is 11.8. The van der Waals surface area contributed by atoms with Crippen LogP contribution in [0.15, 0.2) is 42.5 Å². The molecule has 0 unspecified atom stereocenters. The van der Waals surface area contributed by atoms with Gasteiger partial charge in [0.25, 0.3) is 0 Å². The van der Waals surface area contributed by atoms with Crippen LogP contribution in [-0.4, -0.2) is 0 Å². The molecule has 0 saturated heterocycles. The van der Waals surface area contributed by atoms with Crippen LogP contribution in [0.25, 0.3) is 0 Å². The summed E-state index contributed by atoms with van der Waals surface area (Å²) < 4.78 is 18.9. The lowest BCUT2D eigenvalue weighted by molar-refractivity contribution is 0.300. The van der Waals surface area contributed by atoms with Gasteiger partial charge in [-0.1, -0.05) is 35.9 Å². The van der Waals surface area contributed by atoms with Gasteiger partial charge in [-0.05, 0) is 23.8 Å². The fourth-order valence-corrected chi connectivity index (χ4v) is 1.94. The van der Waals surface area contributed by atoms with Crippen LogP contribution in [0.1, 0.15) is 11.1 Å². The zero-order chi connectivity index (χ0) is 13.0. The Kier molecular flexibility index (Phi) is 4.45. The van der Waals surface area contributed by atoms with Crippen molar-refractivity contribution in [1.82, 2.24) is 0 Å². The van der Waals surface area contributed by atoms with E-state index in [9.17, 15) is 4.39 Å². The van der Waals surface area contributed by atoms with E-state index in [4.69, 9.17) is 27.9 Å². The Morgan fingerprint density at radius 2 is 1.89 bits per heavy atom. The lowest BCUT2D eigenvalue weighted by Crippen LogP contribution is -1.98. The molecule has 18 heavy (non-hydrogen) atoms. The van der Waals surface area contributed by atoms with Gasteiger partial charge in [0, 0.05) is 11.4 Å². The Labute approximate surface area is 115 Å². The summed E-state index contributed by atoms with van der Waals surface area (Å²) >= 11 is 11.7. The maximum absolute atomic E-state index is 13.4. The summed E-state index contributed by atoms with van der Waals surface area (Å²) in [6.07, 6.45) is 0. The average molecular weight is 285 g/mol. The zero-order valence-electron chi connectivity index (χ0n) is 9.50. The van der Waals surface area contributed by atoms with Gasteiger partial charge in [-0.3, -0.25) is 0 Å². The molecule has 0 heterocycles. The molecule has 4 heteroatoms. The van der Waals surface area contributed by atoms with Crippen molar-refractivity contribution in [2.45, 2.75) is 12.5 Å². The molecule has 2 aromatic rings. The summed E-state index contributed by atoms with van der Waals surface area (Å²) in [5, 5.41) is 0.476. The van der Waals surface area contributed by atoms with Crippen molar-refractivity contribution in [2.24, 2.45) is 0 Å². The number of hydrogen-bond donors (Lipinski definition) is 0. The van der Waals surface area contributed by atoms with Crippen molar-refractivity contribution in [3.8, 4) is 5.75 Å². The van der Waals surface area contributed by atoms with Gasteiger partial charge in [0.1, 0.15) is 18.2 Å². The van der Waals surface area contributed by atoms with Crippen molar-refractivity contribution in [3.05, 3.63) is 64.4 Å². The lowest BCUT2D eigenvalue weighted by Gasteiger charge is -2.09. The van der Waals surface area contributed by atoms with Gasteiger partial charge in [-0.15, -0.1) is 11.6 Å². The summed E-state index contributed by atoms with van der Waals surface area (Å²) in [5.41, 5.74) is 1.41. The average Bonchev–Trinajstić information content (AvgIpc) is 2.39. The fraction of sp³-hybridized carbons (Fsp3) is 0.143. The van der Waals surface area contributed by atoms with Crippen LogP contribution in [0.3, 0.4) is 0 Å². The second-order valence-electron chi connectivity index (χ2n) is 3.78. The quantitative estimate of drug-likeness (QED) is 0.733. The molecule has 0 radical (unpaired) electrons. The first-order valence-electron chi connectivity index (χ1n) is 5.41. The third kappa shape index (κ3) is 3.15. The first-order valence-corrected chi connectivity index (χ1v) is 6.32. The van der Waals surface area contributed by atoms with Gasteiger partial charge in [0.05, 0.1) is 5.02 Å². The van der Waals surface area contributed by atoms with Crippen LogP contribution in [-0.2, 0) is 12.5 Å². The maximum Gasteiger partial charge on any atom is 0.138 e. The van der Waals surface area contributed by atoms with Gasteiger partial charge in [-0.25, -0.2) is 4.39 Å². The SMILES string of the molecule is Fc1ccccc1COc1ccc(CCl)cc1Cl. The van der Waals surface area contributed by atoms with Crippen LogP contribution < -0.4 is 4.74 Å². The van der Waals surface area contributed by atoms with Crippen LogP contribution in [0, 0.1) is 5.82 Å². The predicted octanol–water partition coefficient (Wildman–Crippen LogP) is 4.80. The highest BCUT2D eigenvalue weighted by Gasteiger charge is 2.05. The van der Waals surface area contributed by atoms with Gasteiger partial charge >= 0.3 is 0 Å². The molecule has 0 saturated carbocycles. The Hall–Kier alpha value is -1.25. The monoisotopic (exact) mass is 284 g/mol. The molecule has 0 aliphatic carbocycles. The number of alkyl halides is 1. The van der Waals surface area contributed by atoms with E-state index in [-0.39, 0.29) is 12.4 Å². The molecule has 0 atom stereocenters. The predicted molar refractivity (Wildman–Crippen MR) is 71.7 cm³/mol. The molecular weight excluding hydrogens is 274 g/mol. The van der Waals surface area contributed by atoms with Crippen molar-refractivity contribution >= 4 is 23.2 Å². The molecule has 0 N–H and O–H groups in total. The second-order valence-corrected chi connectivity index (χ2v) is 4.45. The topological polar surface area (TPSA) is 9.23 Å². The molecule has 0 amide bonds. The Morgan fingerprint density at radius 3 is 2.56 bits per heavy atom. The smallest absolute Gasteiger partial charge is 0.138 e. The molecule has 94 valence electrons. The molecule has 0 bridgehead atoms. The largest absolute Gasteiger partial charge is 0.487 e. The van der Waals surface area contributed by atoms with E-state index in [1.807, 2.05) is 6.07 Å². The van der Waals surface area contributed by atoms with Crippen molar-refractivity contribution in [2.75, 3.05) is 0 Å². The molecule has 1 nitrogen and oxygen atoms in total. The fourth-order valence-electron chi connectivity index (χ4n) is 1.52. The highest BCUT2D eigenvalue weighted by atomic mass is 35.5. The molecule has 2 rings (SSSR count). The van der Waals surface area contributed by atoms with E-state index in [1.54, 1.807) is 30.3 Å². The summed E-state index contributed by atoms with van der Waals surface area (Å²) in [4.78, 5) is 0. The molecule has 0 spiro atoms. The molecule has 2 aromatic carbocycles. The maximum atomic E-state index is 13.4. The minimum Gasteiger partial charge on any atom is -0.487 e. The van der Waals surface area contributed by atoms with Crippen molar-refractivity contribution in [3.63, 3.8) is 0 Å². The number of benzene rings is 2. The van der Waals surface area contributed by atoms with Gasteiger partial charge < -0.3 is 4.74 Å². The van der Waals surface area contributed by atoms with E-state index in [1.165, 1.54) is 6.07 Å². The van der Waals surface area contributed by atoms with Crippen LogP contribution in [0.5, 0.6) is 5.75 Å². The second kappa shape index (κ2) is 6.07.